The Labute approximate surface area is 632 Å². The minimum Gasteiger partial charge on any atom is -0.462 e. The minimum absolute atomic E-state index is 0.0753. The molecule has 0 aliphatic heterocycles. The van der Waals surface area contributed by atoms with E-state index in [1.54, 1.807) is 0 Å². The van der Waals surface area contributed by atoms with Crippen LogP contribution < -0.4 is 0 Å². The van der Waals surface area contributed by atoms with Gasteiger partial charge in [0.15, 0.2) is 12.2 Å². The Balaban J connectivity index is 5.42. The molecule has 0 aromatic rings. The molecule has 598 valence electrons. The monoisotopic (exact) mass is 1500 g/mol. The average molecular weight is 1500 g/mol. The van der Waals surface area contributed by atoms with Gasteiger partial charge in [0.25, 0.3) is 0 Å². The lowest BCUT2D eigenvalue weighted by molar-refractivity contribution is -0.161. The topological polar surface area (TPSA) is 237 Å². The predicted molar refractivity (Wildman–Crippen MR) is 427 cm³/mol. The second kappa shape index (κ2) is 76.6. The third kappa shape index (κ3) is 75.7. The fourth-order valence-corrected chi connectivity index (χ4v) is 12.3. The van der Waals surface area contributed by atoms with Crippen molar-refractivity contribution in [2.24, 2.45) is 0 Å². The van der Waals surface area contributed by atoms with Crippen LogP contribution in [0.15, 0.2) is 122 Å². The molecule has 0 saturated heterocycles. The number of esters is 4. The Kier molecular flexibility index (Phi) is 73.3. The molecule has 17 nitrogen and oxygen atoms in total. The van der Waals surface area contributed by atoms with Crippen molar-refractivity contribution in [1.29, 1.82) is 0 Å². The van der Waals surface area contributed by atoms with Crippen LogP contribution in [0.25, 0.3) is 0 Å². The summed E-state index contributed by atoms with van der Waals surface area (Å²) in [5, 5.41) is 10.6. The second-order valence-electron chi connectivity index (χ2n) is 27.0. The summed E-state index contributed by atoms with van der Waals surface area (Å²) in [5.74, 6) is -2.26. The summed E-state index contributed by atoms with van der Waals surface area (Å²) >= 11 is 0. The van der Waals surface area contributed by atoms with Gasteiger partial charge in [-0.05, 0) is 135 Å². The van der Waals surface area contributed by atoms with Crippen LogP contribution in [-0.2, 0) is 65.4 Å². The van der Waals surface area contributed by atoms with Crippen molar-refractivity contribution in [2.75, 3.05) is 39.6 Å². The van der Waals surface area contributed by atoms with E-state index in [-0.39, 0.29) is 25.7 Å². The summed E-state index contributed by atoms with van der Waals surface area (Å²) in [5.41, 5.74) is 0. The van der Waals surface area contributed by atoms with E-state index in [2.05, 4.69) is 149 Å². The van der Waals surface area contributed by atoms with Crippen molar-refractivity contribution in [3.63, 3.8) is 0 Å². The van der Waals surface area contributed by atoms with Gasteiger partial charge < -0.3 is 33.8 Å². The Hall–Kier alpha value is -4.54. The van der Waals surface area contributed by atoms with Crippen LogP contribution in [0.5, 0.6) is 0 Å². The number of carbonyl (C=O) groups is 4. The first-order valence-electron chi connectivity index (χ1n) is 40.8. The number of aliphatic hydroxyl groups is 1. The highest BCUT2D eigenvalue weighted by Crippen LogP contribution is 2.45. The van der Waals surface area contributed by atoms with Gasteiger partial charge in [-0.3, -0.25) is 37.3 Å². The third-order valence-corrected chi connectivity index (χ3v) is 18.8. The summed E-state index contributed by atoms with van der Waals surface area (Å²) < 4.78 is 68.6. The number of carbonyl (C=O) groups excluding carboxylic acids is 4. The molecule has 0 fully saturated rings. The quantitative estimate of drug-likeness (QED) is 0.0169. The normalized spacial score (nSPS) is 14.5. The Bertz CT molecular complexity index is 2440. The zero-order valence-corrected chi connectivity index (χ0v) is 67.2. The molecule has 3 N–H and O–H groups in total. The summed E-state index contributed by atoms with van der Waals surface area (Å²) in [4.78, 5) is 73.1. The molecular formula is C85H146O17P2. The van der Waals surface area contributed by atoms with Crippen molar-refractivity contribution in [3.8, 4) is 0 Å². The largest absolute Gasteiger partial charge is 0.472 e. The number of ether oxygens (including phenoxy) is 4. The van der Waals surface area contributed by atoms with Crippen molar-refractivity contribution in [2.45, 2.75) is 354 Å². The molecule has 0 amide bonds. The zero-order valence-electron chi connectivity index (χ0n) is 65.4. The number of phosphoric ester groups is 2. The van der Waals surface area contributed by atoms with E-state index >= 15 is 0 Å². The van der Waals surface area contributed by atoms with Gasteiger partial charge in [0.1, 0.15) is 19.3 Å². The molecule has 0 aliphatic carbocycles. The molecule has 19 heteroatoms. The minimum atomic E-state index is -4.99. The van der Waals surface area contributed by atoms with Gasteiger partial charge in [-0.2, -0.15) is 0 Å². The maximum Gasteiger partial charge on any atom is 0.472 e. The van der Waals surface area contributed by atoms with E-state index in [1.165, 1.54) is 103 Å². The number of rotatable bonds is 76. The number of hydrogen-bond donors (Lipinski definition) is 3. The lowest BCUT2D eigenvalue weighted by Crippen LogP contribution is -2.30. The molecule has 0 aromatic carbocycles. The van der Waals surface area contributed by atoms with Gasteiger partial charge in [-0.15, -0.1) is 0 Å². The van der Waals surface area contributed by atoms with Gasteiger partial charge in [-0.1, -0.05) is 297 Å². The highest BCUT2D eigenvalue weighted by Gasteiger charge is 2.30. The summed E-state index contributed by atoms with van der Waals surface area (Å²) in [6.07, 6.45) is 84.6. The summed E-state index contributed by atoms with van der Waals surface area (Å²) in [7, 11) is -9.98. The number of hydrogen-bond acceptors (Lipinski definition) is 15. The first-order valence-corrected chi connectivity index (χ1v) is 43.8. The molecule has 0 radical (unpaired) electrons. The second-order valence-corrected chi connectivity index (χ2v) is 29.9. The summed E-state index contributed by atoms with van der Waals surface area (Å²) in [6, 6.07) is 0. The van der Waals surface area contributed by atoms with E-state index in [0.29, 0.717) is 25.7 Å². The van der Waals surface area contributed by atoms with E-state index in [4.69, 9.17) is 37.0 Å². The molecule has 0 aromatic heterocycles. The maximum atomic E-state index is 13.1. The highest BCUT2D eigenvalue weighted by molar-refractivity contribution is 7.47. The van der Waals surface area contributed by atoms with Crippen LogP contribution in [0.2, 0.25) is 0 Å². The molecule has 0 bridgehead atoms. The SMILES string of the molecule is CC/C=C\C/C=C\C/C=C\C/C=C\C/C=C\CCCCCC(=O)OCC(COP(=O)(O)OCC(O)COP(=O)(O)OCC(COC(=O)CCCC/C=C\C/C=C\C/C=C\C/C=C\CC)OC(=O)CCCCCCCCCCCCCCCCC)OC(=O)CCCCCCC/C=C\CCCCCCCC. The van der Waals surface area contributed by atoms with E-state index in [9.17, 15) is 43.2 Å². The maximum absolute atomic E-state index is 13.1. The Morgan fingerprint density at radius 1 is 0.279 bits per heavy atom. The standard InChI is InChI=1S/C85H146O17P2/c1-5-9-13-17-21-25-29-33-37-38-39-40-44-46-50-54-58-62-66-70-83(88)96-76-81(102-85(90)72-68-64-60-56-52-48-43-36-32-28-24-20-16-12-8-4)78-100-104(93,94)98-74-79(86)73-97-103(91,92)99-77-80(101-84(89)71-67-63-59-55-51-47-42-35-31-27-23-19-15-11-7-3)75-95-82(87)69-65-61-57-53-49-45-41-34-30-26-22-18-14-10-6-2/h9-10,13-14,21-22,25-26,33-34,36-37,39-41,43,46,49-50,53,79-81,86H,5-8,11-12,15-20,23-24,27-32,35,38,42,44-45,47-48,51-52,54-78H2,1-4H3,(H,91,92)(H,93,94)/b13-9-,14-10-,25-21-,26-22-,37-33-,40-39-,41-34-,43-36-,50-46-,53-49-. The van der Waals surface area contributed by atoms with Crippen molar-refractivity contribution in [1.82, 2.24) is 0 Å². The van der Waals surface area contributed by atoms with E-state index < -0.39 is 97.5 Å². The first kappa shape index (κ1) is 99.5. The smallest absolute Gasteiger partial charge is 0.462 e. The van der Waals surface area contributed by atoms with Crippen molar-refractivity contribution in [3.05, 3.63) is 122 Å². The number of aliphatic hydroxyl groups excluding tert-OH is 1. The molecule has 0 rings (SSSR count). The van der Waals surface area contributed by atoms with E-state index in [0.717, 1.165) is 154 Å². The molecule has 5 unspecified atom stereocenters. The summed E-state index contributed by atoms with van der Waals surface area (Å²) in [6.45, 7) is 4.59. The van der Waals surface area contributed by atoms with Gasteiger partial charge in [0, 0.05) is 25.7 Å². The van der Waals surface area contributed by atoms with Crippen LogP contribution in [-0.4, -0.2) is 96.7 Å². The molecule has 0 spiro atoms. The number of unbranched alkanes of at least 4 members (excludes halogenated alkanes) is 30. The Morgan fingerprint density at radius 3 is 0.808 bits per heavy atom. The van der Waals surface area contributed by atoms with E-state index in [1.807, 2.05) is 0 Å². The average Bonchev–Trinajstić information content (AvgIpc) is 0.918. The zero-order chi connectivity index (χ0) is 76.0. The molecule has 0 saturated carbocycles. The van der Waals surface area contributed by atoms with Crippen LogP contribution in [0.4, 0.5) is 0 Å². The van der Waals surface area contributed by atoms with Gasteiger partial charge in [-0.25, -0.2) is 9.13 Å². The fraction of sp³-hybridized carbons (Fsp3) is 0.718. The van der Waals surface area contributed by atoms with Crippen LogP contribution in [0.3, 0.4) is 0 Å². The van der Waals surface area contributed by atoms with Crippen LogP contribution >= 0.6 is 15.6 Å². The predicted octanol–water partition coefficient (Wildman–Crippen LogP) is 23.9. The fourth-order valence-electron chi connectivity index (χ4n) is 10.8. The van der Waals surface area contributed by atoms with Gasteiger partial charge in [0.2, 0.25) is 0 Å². The van der Waals surface area contributed by atoms with Crippen molar-refractivity contribution < 1.29 is 80.2 Å². The number of phosphoric acid groups is 2. The first-order chi connectivity index (χ1) is 50.7. The highest BCUT2D eigenvalue weighted by atomic mass is 31.2. The van der Waals surface area contributed by atoms with Gasteiger partial charge >= 0.3 is 39.5 Å². The van der Waals surface area contributed by atoms with Crippen LogP contribution in [0, 0.1) is 0 Å². The van der Waals surface area contributed by atoms with Crippen LogP contribution in [0.1, 0.15) is 336 Å². The lowest BCUT2D eigenvalue weighted by atomic mass is 10.0. The molecule has 0 heterocycles. The molecule has 0 aliphatic rings. The Morgan fingerprint density at radius 2 is 0.500 bits per heavy atom. The van der Waals surface area contributed by atoms with Gasteiger partial charge in [0.05, 0.1) is 26.4 Å². The molecular weight excluding hydrogens is 1350 g/mol. The lowest BCUT2D eigenvalue weighted by Gasteiger charge is -2.21. The number of allylic oxidation sites excluding steroid dienone is 20. The third-order valence-electron chi connectivity index (χ3n) is 16.9. The molecule has 5 atom stereocenters. The molecule has 104 heavy (non-hydrogen) atoms. The van der Waals surface area contributed by atoms with Crippen molar-refractivity contribution >= 4 is 39.5 Å².